The second kappa shape index (κ2) is 36.4. The lowest BCUT2D eigenvalue weighted by molar-refractivity contribution is -0.213. The quantitative estimate of drug-likeness (QED) is 0.0347. The summed E-state index contributed by atoms with van der Waals surface area (Å²) in [4.78, 5) is 69.8. The van der Waals surface area contributed by atoms with Crippen molar-refractivity contribution in [1.82, 2.24) is 26.6 Å². The van der Waals surface area contributed by atoms with E-state index in [0.29, 0.717) is 136 Å². The molecule has 18 nitrogen and oxygen atoms in total. The van der Waals surface area contributed by atoms with Crippen molar-refractivity contribution < 1.29 is 57.9 Å². The number of unbranched alkanes of at least 4 members (excludes halogenated alkanes) is 8. The number of aliphatic hydroxyl groups excluding tert-OH is 2. The minimum absolute atomic E-state index is 0.0668. The molecule has 2 aliphatic heterocycles. The summed E-state index contributed by atoms with van der Waals surface area (Å²) in [6.07, 6.45) is 13.1. The van der Waals surface area contributed by atoms with E-state index in [9.17, 15) is 39.0 Å². The van der Waals surface area contributed by atoms with Gasteiger partial charge in [-0.15, -0.1) is 0 Å². The highest BCUT2D eigenvalue weighted by Crippen LogP contribution is 2.15. The van der Waals surface area contributed by atoms with Crippen LogP contribution in [0, 0.1) is 0 Å². The molecule has 0 spiro atoms. The number of rotatable bonds is 33. The van der Waals surface area contributed by atoms with Crippen molar-refractivity contribution in [3.8, 4) is 0 Å². The van der Waals surface area contributed by atoms with Crippen LogP contribution >= 0.6 is 0 Å². The molecule has 0 aromatic rings. The number of nitrogens with one attached hydrogen (secondary N) is 5. The maximum Gasteiger partial charge on any atom is 0.242 e. The average Bonchev–Trinajstić information content (AvgIpc) is 3.21. The van der Waals surface area contributed by atoms with E-state index in [1.54, 1.807) is 0 Å². The van der Waals surface area contributed by atoms with Gasteiger partial charge in [-0.1, -0.05) is 39.0 Å². The molecule has 2 heterocycles. The van der Waals surface area contributed by atoms with Crippen molar-refractivity contribution in [2.45, 2.75) is 173 Å². The Morgan fingerprint density at radius 2 is 1.17 bits per heavy atom. The van der Waals surface area contributed by atoms with Gasteiger partial charge < -0.3 is 61.5 Å². The highest BCUT2D eigenvalue weighted by atomic mass is 16.7. The highest BCUT2D eigenvalue weighted by molar-refractivity contribution is 5.87. The molecule has 2 rings (SSSR count). The lowest BCUT2D eigenvalue weighted by atomic mass is 10.1. The molecule has 18 heteroatoms. The Kier molecular flexibility index (Phi) is 33.1. The summed E-state index contributed by atoms with van der Waals surface area (Å²) in [6, 6.07) is -0.651. The molecule has 0 aliphatic carbocycles. The first kappa shape index (κ1) is 53.6. The Bertz CT molecular complexity index is 1150. The maximum atomic E-state index is 12.8. The number of carbonyl (C=O) groups excluding carboxylic acids is 6. The molecule has 9 N–H and O–H groups in total. The first-order valence-corrected chi connectivity index (χ1v) is 22.0. The third kappa shape index (κ3) is 30.3. The molecule has 6 amide bonds. The Morgan fingerprint density at radius 3 is 1.69 bits per heavy atom. The molecular weight excluding hydrogens is 768 g/mol. The van der Waals surface area contributed by atoms with Gasteiger partial charge in [-0.2, -0.15) is 0 Å². The van der Waals surface area contributed by atoms with Crippen molar-refractivity contribution in [3.63, 3.8) is 0 Å². The van der Waals surface area contributed by atoms with E-state index in [0.717, 1.165) is 51.4 Å². The molecule has 0 radical (unpaired) electrons. The van der Waals surface area contributed by atoms with E-state index < -0.39 is 30.8 Å². The van der Waals surface area contributed by atoms with Gasteiger partial charge in [0, 0.05) is 65.1 Å². The molecule has 2 aliphatic rings. The second-order valence-corrected chi connectivity index (χ2v) is 15.0. The molecule has 59 heavy (non-hydrogen) atoms. The molecular formula is C41H76N6O12. The van der Waals surface area contributed by atoms with Crippen LogP contribution in [0.3, 0.4) is 0 Å². The zero-order valence-corrected chi connectivity index (χ0v) is 35.5. The largest absolute Gasteiger partial charge is 0.388 e. The van der Waals surface area contributed by atoms with Gasteiger partial charge in [0.05, 0.1) is 13.2 Å². The summed E-state index contributed by atoms with van der Waals surface area (Å²) >= 11 is 0. The predicted octanol–water partition coefficient (Wildman–Crippen LogP) is 1.72. The van der Waals surface area contributed by atoms with Crippen LogP contribution < -0.4 is 32.3 Å². The number of ether oxygens (including phenoxy) is 4. The lowest BCUT2D eigenvalue weighted by Crippen LogP contribution is -2.47. The molecule has 0 bridgehead atoms. The summed E-state index contributed by atoms with van der Waals surface area (Å²) in [5, 5.41) is 33.3. The lowest BCUT2D eigenvalue weighted by Gasteiger charge is -2.27. The Hall–Kier alpha value is -3.42. The fraction of sp³-hybridized carbons (Fsp3) is 0.854. The van der Waals surface area contributed by atoms with E-state index in [1.165, 1.54) is 0 Å². The number of hydrogen-bond donors (Lipinski definition) is 8. The molecule has 5 unspecified atom stereocenters. The monoisotopic (exact) mass is 845 g/mol. The topological polar surface area (TPSA) is 266 Å². The molecule has 2 saturated heterocycles. The summed E-state index contributed by atoms with van der Waals surface area (Å²) in [6.45, 7) is 5.71. The van der Waals surface area contributed by atoms with Gasteiger partial charge >= 0.3 is 0 Å². The smallest absolute Gasteiger partial charge is 0.242 e. The molecule has 0 saturated carbocycles. The van der Waals surface area contributed by atoms with Crippen molar-refractivity contribution in [1.29, 1.82) is 0 Å². The number of carbonyl (C=O) groups is 6. The fourth-order valence-corrected chi connectivity index (χ4v) is 6.27. The third-order valence-corrected chi connectivity index (χ3v) is 9.66. The van der Waals surface area contributed by atoms with Crippen molar-refractivity contribution in [2.75, 3.05) is 52.6 Å². The highest BCUT2D eigenvalue weighted by Gasteiger charge is 2.25. The maximum absolute atomic E-state index is 12.8. The van der Waals surface area contributed by atoms with Gasteiger partial charge in [0.1, 0.15) is 18.2 Å². The molecule has 0 aromatic heterocycles. The summed E-state index contributed by atoms with van der Waals surface area (Å²) < 4.78 is 21.5. The molecule has 5 atom stereocenters. The van der Waals surface area contributed by atoms with Crippen LogP contribution in [0.5, 0.6) is 0 Å². The van der Waals surface area contributed by atoms with Crippen LogP contribution in [0.4, 0.5) is 0 Å². The predicted molar refractivity (Wildman–Crippen MR) is 220 cm³/mol. The van der Waals surface area contributed by atoms with Gasteiger partial charge in [0.15, 0.2) is 12.6 Å². The first-order chi connectivity index (χ1) is 28.6. The number of aliphatic hydroxyl groups is 2. The van der Waals surface area contributed by atoms with Gasteiger partial charge in [-0.25, -0.2) is 0 Å². The average molecular weight is 845 g/mol. The normalized spacial score (nSPS) is 19.3. The van der Waals surface area contributed by atoms with Crippen molar-refractivity contribution in [3.05, 3.63) is 0 Å². The Balaban J connectivity index is 0.000000801. The van der Waals surface area contributed by atoms with E-state index in [-0.39, 0.29) is 36.1 Å². The second-order valence-electron chi connectivity index (χ2n) is 15.0. The van der Waals surface area contributed by atoms with Crippen molar-refractivity contribution in [2.24, 2.45) is 5.73 Å². The molecule has 342 valence electrons. The van der Waals surface area contributed by atoms with Crippen molar-refractivity contribution >= 4 is 35.9 Å². The van der Waals surface area contributed by atoms with Crippen LogP contribution in [0.1, 0.15) is 142 Å². The fourth-order valence-electron chi connectivity index (χ4n) is 6.27. The Labute approximate surface area is 350 Å². The Morgan fingerprint density at radius 1 is 0.661 bits per heavy atom. The minimum Gasteiger partial charge on any atom is -0.388 e. The zero-order valence-electron chi connectivity index (χ0n) is 35.5. The summed E-state index contributed by atoms with van der Waals surface area (Å²) in [5.41, 5.74) is 5.13. The van der Waals surface area contributed by atoms with Crippen LogP contribution in [0.15, 0.2) is 0 Å². The van der Waals surface area contributed by atoms with Gasteiger partial charge in [-0.3, -0.25) is 28.8 Å². The van der Waals surface area contributed by atoms with E-state index in [2.05, 4.69) is 33.5 Å². The van der Waals surface area contributed by atoms with Crippen LogP contribution in [0.25, 0.3) is 0 Å². The van der Waals surface area contributed by atoms with Crippen LogP contribution in [0.2, 0.25) is 0 Å². The molecule has 2 fully saturated rings. The standard InChI is InChI=1S/C28H51N5O8.C13H25NO4/c29-24(36)13-4-1-2-5-15-26(38)33-22(11-7-9-16-30-21-34)27(39)32-17-8-3-6-14-25(37)31-18-20-41-28-23(35)12-10-19-40-28;1-2-3-4-7-12(16)14-8-10-18-13-11(15)6-5-9-17-13/h21-23,28,35H,1-20H2,(H2,29,36)(H,30,34)(H,31,37)(H,32,39)(H,33,38);11,13,15H,2-10H2,1H3,(H,14,16). The third-order valence-electron chi connectivity index (χ3n) is 9.66. The van der Waals surface area contributed by atoms with E-state index >= 15 is 0 Å². The van der Waals surface area contributed by atoms with E-state index in [1.807, 2.05) is 0 Å². The number of nitrogens with two attached hydrogens (primary N) is 1. The molecule has 0 aromatic carbocycles. The first-order valence-electron chi connectivity index (χ1n) is 22.0. The SMILES string of the molecule is CCCCCC(=O)NCCOC1OCCCC1O.NC(=O)CCCCCCC(=O)NC(CCCCNC=O)C(=O)NCCCCCC(=O)NCCOC1OCCCC1O. The zero-order chi connectivity index (χ0) is 43.4. The van der Waals surface area contributed by atoms with Crippen LogP contribution in [-0.4, -0.2) is 130 Å². The number of hydrogen-bond acceptors (Lipinski definition) is 12. The number of primary amides is 1. The van der Waals surface area contributed by atoms with Gasteiger partial charge in [0.25, 0.3) is 0 Å². The van der Waals surface area contributed by atoms with E-state index in [4.69, 9.17) is 24.7 Å². The van der Waals surface area contributed by atoms with Gasteiger partial charge in [0.2, 0.25) is 35.9 Å². The van der Waals surface area contributed by atoms with Gasteiger partial charge in [-0.05, 0) is 77.0 Å². The van der Waals surface area contributed by atoms with Crippen LogP contribution in [-0.2, 0) is 47.7 Å². The summed E-state index contributed by atoms with van der Waals surface area (Å²) in [5.74, 6) is -0.771. The minimum atomic E-state index is -0.651. The summed E-state index contributed by atoms with van der Waals surface area (Å²) in [7, 11) is 0. The number of amides is 6.